The first-order valence-corrected chi connectivity index (χ1v) is 22.7. The summed E-state index contributed by atoms with van der Waals surface area (Å²) in [7, 11) is 0. The van der Waals surface area contributed by atoms with E-state index < -0.39 is 6.10 Å². The Morgan fingerprint density at radius 1 is 0.365 bits per heavy atom. The first kappa shape index (κ1) is 50.4. The lowest BCUT2D eigenvalue weighted by Crippen LogP contribution is -2.30. The average molecular weight is 737 g/mol. The van der Waals surface area contributed by atoms with Gasteiger partial charge in [0.1, 0.15) is 13.2 Å². The predicted molar refractivity (Wildman–Crippen MR) is 220 cm³/mol. The molecule has 0 saturated carbocycles. The summed E-state index contributed by atoms with van der Waals surface area (Å²) in [6.07, 6.45) is 36.6. The number of ether oxygens (including phenoxy) is 3. The van der Waals surface area contributed by atoms with Crippen molar-refractivity contribution in [1.82, 2.24) is 0 Å². The van der Waals surface area contributed by atoms with Gasteiger partial charge in [-0.25, -0.2) is 0 Å². The van der Waals surface area contributed by atoms with Gasteiger partial charge in [0.25, 0.3) is 0 Å². The van der Waals surface area contributed by atoms with Crippen molar-refractivity contribution in [3.05, 3.63) is 0 Å². The highest BCUT2D eigenvalue weighted by Gasteiger charge is 2.19. The first-order chi connectivity index (χ1) is 25.2. The first-order valence-electron chi connectivity index (χ1n) is 22.7. The van der Waals surface area contributed by atoms with Gasteiger partial charge in [0, 0.05) is 19.3 Å². The van der Waals surface area contributed by atoms with Crippen molar-refractivity contribution in [2.45, 2.75) is 253 Å². The fourth-order valence-electron chi connectivity index (χ4n) is 6.75. The summed E-state index contributed by atoms with van der Waals surface area (Å²) in [5, 5.41) is 0. The normalized spacial score (nSPS) is 12.1. The van der Waals surface area contributed by atoms with Crippen LogP contribution < -0.4 is 0 Å². The Kier molecular flexibility index (Phi) is 37.9. The molecule has 0 radical (unpaired) electrons. The molecule has 0 amide bonds. The third kappa shape index (κ3) is 39.6. The minimum atomic E-state index is -0.760. The van der Waals surface area contributed by atoms with E-state index in [0.717, 1.165) is 69.6 Å². The van der Waals surface area contributed by atoms with Gasteiger partial charge in [0.2, 0.25) is 0 Å². The van der Waals surface area contributed by atoms with E-state index in [0.29, 0.717) is 19.3 Å². The zero-order valence-corrected chi connectivity index (χ0v) is 35.4. The molecule has 0 bridgehead atoms. The van der Waals surface area contributed by atoms with Crippen LogP contribution in [0.15, 0.2) is 0 Å². The van der Waals surface area contributed by atoms with Crippen molar-refractivity contribution >= 4 is 17.9 Å². The summed E-state index contributed by atoms with van der Waals surface area (Å²) in [4.78, 5) is 37.7. The summed E-state index contributed by atoms with van der Waals surface area (Å²) in [6.45, 7) is 11.3. The van der Waals surface area contributed by atoms with E-state index in [1.807, 2.05) is 0 Å². The van der Waals surface area contributed by atoms with Crippen LogP contribution in [0.5, 0.6) is 0 Å². The van der Waals surface area contributed by atoms with Crippen LogP contribution in [0.25, 0.3) is 0 Å². The molecule has 0 rings (SSSR count). The highest BCUT2D eigenvalue weighted by molar-refractivity contribution is 5.71. The molecule has 0 aliphatic carbocycles. The molecule has 0 heterocycles. The number of hydrogen-bond acceptors (Lipinski definition) is 6. The molecule has 6 heteroatoms. The van der Waals surface area contributed by atoms with Gasteiger partial charge < -0.3 is 14.2 Å². The molecule has 0 spiro atoms. The lowest BCUT2D eigenvalue weighted by Gasteiger charge is -2.18. The Hall–Kier alpha value is -1.59. The topological polar surface area (TPSA) is 78.9 Å². The molecule has 6 nitrogen and oxygen atoms in total. The molecule has 0 saturated heterocycles. The maximum Gasteiger partial charge on any atom is 0.306 e. The van der Waals surface area contributed by atoms with Crippen molar-refractivity contribution in [2.75, 3.05) is 13.2 Å². The molecule has 0 aromatic rings. The Morgan fingerprint density at radius 2 is 0.635 bits per heavy atom. The summed E-state index contributed by atoms with van der Waals surface area (Å²) in [5.74, 6) is 0.737. The second-order valence-electron chi connectivity index (χ2n) is 16.6. The Morgan fingerprint density at radius 3 is 0.942 bits per heavy atom. The molecule has 0 unspecified atom stereocenters. The SMILES string of the molecule is CCCCCCCCCCCCCC(=O)OC[C@H](COC(=O)CCCCCCCCCC(C)C)OC(=O)CCCCCCCCCCCCC(C)C. The van der Waals surface area contributed by atoms with Crippen LogP contribution in [-0.2, 0) is 28.6 Å². The number of carbonyl (C=O) groups is 3. The fraction of sp³-hybridized carbons (Fsp3) is 0.935. The van der Waals surface area contributed by atoms with E-state index in [4.69, 9.17) is 14.2 Å². The average Bonchev–Trinajstić information content (AvgIpc) is 3.11. The third-order valence-electron chi connectivity index (χ3n) is 10.2. The highest BCUT2D eigenvalue weighted by atomic mass is 16.6. The van der Waals surface area contributed by atoms with Crippen LogP contribution >= 0.6 is 0 Å². The van der Waals surface area contributed by atoms with Gasteiger partial charge in [-0.3, -0.25) is 14.4 Å². The van der Waals surface area contributed by atoms with Gasteiger partial charge in [0.15, 0.2) is 6.10 Å². The predicted octanol–water partition coefficient (Wildman–Crippen LogP) is 14.2. The Labute approximate surface area is 323 Å². The smallest absolute Gasteiger partial charge is 0.306 e. The van der Waals surface area contributed by atoms with Gasteiger partial charge >= 0.3 is 17.9 Å². The number of hydrogen-bond donors (Lipinski definition) is 0. The Balaban J connectivity index is 4.34. The molecule has 52 heavy (non-hydrogen) atoms. The van der Waals surface area contributed by atoms with Crippen LogP contribution in [0, 0.1) is 11.8 Å². The van der Waals surface area contributed by atoms with Crippen molar-refractivity contribution in [3.8, 4) is 0 Å². The quantitative estimate of drug-likeness (QED) is 0.0354. The van der Waals surface area contributed by atoms with Gasteiger partial charge in [-0.1, -0.05) is 208 Å². The molecule has 0 aliphatic heterocycles. The van der Waals surface area contributed by atoms with Crippen LogP contribution in [0.3, 0.4) is 0 Å². The van der Waals surface area contributed by atoms with Gasteiger partial charge in [-0.05, 0) is 31.1 Å². The second kappa shape index (κ2) is 39.1. The summed E-state index contributed by atoms with van der Waals surface area (Å²) >= 11 is 0. The lowest BCUT2D eigenvalue weighted by atomic mass is 10.0. The van der Waals surface area contributed by atoms with E-state index in [1.165, 1.54) is 135 Å². The number of unbranched alkanes of at least 4 members (excludes halogenated alkanes) is 25. The van der Waals surface area contributed by atoms with Crippen LogP contribution in [0.1, 0.15) is 247 Å². The maximum atomic E-state index is 12.7. The molecule has 0 fully saturated rings. The van der Waals surface area contributed by atoms with E-state index in [9.17, 15) is 14.4 Å². The van der Waals surface area contributed by atoms with Crippen molar-refractivity contribution in [3.63, 3.8) is 0 Å². The largest absolute Gasteiger partial charge is 0.462 e. The molecule has 1 atom stereocenters. The minimum Gasteiger partial charge on any atom is -0.462 e. The lowest BCUT2D eigenvalue weighted by molar-refractivity contribution is -0.167. The third-order valence-corrected chi connectivity index (χ3v) is 10.2. The zero-order valence-electron chi connectivity index (χ0n) is 35.4. The fourth-order valence-corrected chi connectivity index (χ4v) is 6.75. The van der Waals surface area contributed by atoms with E-state index >= 15 is 0 Å². The molecular weight excluding hydrogens is 648 g/mol. The summed E-state index contributed by atoms with van der Waals surface area (Å²) < 4.78 is 16.7. The summed E-state index contributed by atoms with van der Waals surface area (Å²) in [5.41, 5.74) is 0. The highest BCUT2D eigenvalue weighted by Crippen LogP contribution is 2.16. The monoisotopic (exact) mass is 737 g/mol. The molecule has 0 N–H and O–H groups in total. The number of rotatable bonds is 40. The van der Waals surface area contributed by atoms with E-state index in [-0.39, 0.29) is 31.1 Å². The van der Waals surface area contributed by atoms with Crippen molar-refractivity contribution in [1.29, 1.82) is 0 Å². The van der Waals surface area contributed by atoms with Gasteiger partial charge in [-0.2, -0.15) is 0 Å². The van der Waals surface area contributed by atoms with E-state index in [1.54, 1.807) is 0 Å². The van der Waals surface area contributed by atoms with Gasteiger partial charge in [0.05, 0.1) is 0 Å². The molecule has 308 valence electrons. The molecule has 0 aromatic carbocycles. The van der Waals surface area contributed by atoms with Crippen molar-refractivity contribution in [2.24, 2.45) is 11.8 Å². The standard InChI is InChI=1S/C46H88O6/c1-6-7-8-9-10-11-12-16-21-26-31-36-44(47)50-39-43(40-51-45(48)37-32-27-23-18-20-25-30-35-42(4)5)52-46(49)38-33-28-22-17-14-13-15-19-24-29-34-41(2)3/h41-43H,6-40H2,1-5H3/t43-/m1/s1. The Bertz CT molecular complexity index is 794. The second-order valence-corrected chi connectivity index (χ2v) is 16.6. The van der Waals surface area contributed by atoms with Crippen LogP contribution in [0.2, 0.25) is 0 Å². The van der Waals surface area contributed by atoms with Crippen molar-refractivity contribution < 1.29 is 28.6 Å². The summed E-state index contributed by atoms with van der Waals surface area (Å²) in [6, 6.07) is 0. The zero-order chi connectivity index (χ0) is 38.3. The number of carbonyl (C=O) groups excluding carboxylic acids is 3. The molecule has 0 aliphatic rings. The van der Waals surface area contributed by atoms with Crippen LogP contribution in [-0.4, -0.2) is 37.2 Å². The van der Waals surface area contributed by atoms with Gasteiger partial charge in [-0.15, -0.1) is 0 Å². The maximum absolute atomic E-state index is 12.7. The molecule has 0 aromatic heterocycles. The van der Waals surface area contributed by atoms with Crippen LogP contribution in [0.4, 0.5) is 0 Å². The molecular formula is C46H88O6. The minimum absolute atomic E-state index is 0.0653. The number of esters is 3. The van der Waals surface area contributed by atoms with E-state index in [2.05, 4.69) is 34.6 Å².